The van der Waals surface area contributed by atoms with Gasteiger partial charge in [0, 0.05) is 11.5 Å². The van der Waals surface area contributed by atoms with Crippen molar-refractivity contribution in [2.75, 3.05) is 5.32 Å². The average Bonchev–Trinajstić information content (AvgIpc) is 3.37. The maximum absolute atomic E-state index is 13.0. The molecule has 4 rings (SSSR count). The van der Waals surface area contributed by atoms with Gasteiger partial charge in [0.2, 0.25) is 5.89 Å². The first-order valence-electron chi connectivity index (χ1n) is 9.72. The number of aryl methyl sites for hydroxylation is 2. The lowest BCUT2D eigenvalue weighted by Crippen LogP contribution is -2.15. The lowest BCUT2D eigenvalue weighted by atomic mass is 10.1. The molecular weight excluding hydrogens is 380 g/mol. The maximum Gasteiger partial charge on any atom is 0.277 e. The predicted octanol–water partition coefficient (Wildman–Crippen LogP) is 5.38. The van der Waals surface area contributed by atoms with Crippen LogP contribution in [0.1, 0.15) is 47.4 Å². The third-order valence-corrected chi connectivity index (χ3v) is 4.73. The standard InChI is InChI=1S/C23H22N4O3/c1-13(2)20-26-23(30-27-20)17-12-8-9-14(3)18(17)24-21(28)19-15(4)29-22(25-19)16-10-6-5-7-11-16/h5-13H,1-4H3,(H,24,28). The summed E-state index contributed by atoms with van der Waals surface area (Å²) < 4.78 is 11.2. The van der Waals surface area contributed by atoms with Crippen LogP contribution in [0.25, 0.3) is 22.9 Å². The molecule has 2 aromatic heterocycles. The highest BCUT2D eigenvalue weighted by atomic mass is 16.5. The minimum atomic E-state index is -0.363. The van der Waals surface area contributed by atoms with Crippen LogP contribution in [0, 0.1) is 13.8 Å². The highest BCUT2D eigenvalue weighted by molar-refractivity contribution is 6.06. The van der Waals surface area contributed by atoms with E-state index < -0.39 is 0 Å². The highest BCUT2D eigenvalue weighted by Crippen LogP contribution is 2.31. The second kappa shape index (κ2) is 7.94. The summed E-state index contributed by atoms with van der Waals surface area (Å²) in [7, 11) is 0. The molecule has 0 aliphatic rings. The quantitative estimate of drug-likeness (QED) is 0.481. The molecule has 0 aliphatic heterocycles. The Hall–Kier alpha value is -3.74. The molecule has 0 saturated carbocycles. The molecule has 0 aliphatic carbocycles. The topological polar surface area (TPSA) is 94.1 Å². The van der Waals surface area contributed by atoms with Crippen LogP contribution in [0.2, 0.25) is 0 Å². The molecule has 4 aromatic rings. The summed E-state index contributed by atoms with van der Waals surface area (Å²) in [6, 6.07) is 15.1. The number of rotatable bonds is 5. The number of hydrogen-bond acceptors (Lipinski definition) is 6. The van der Waals surface area contributed by atoms with Crippen LogP contribution in [0.4, 0.5) is 5.69 Å². The first-order valence-corrected chi connectivity index (χ1v) is 9.72. The summed E-state index contributed by atoms with van der Waals surface area (Å²) in [4.78, 5) is 21.9. The fourth-order valence-electron chi connectivity index (χ4n) is 3.07. The van der Waals surface area contributed by atoms with E-state index in [1.54, 1.807) is 6.92 Å². The molecule has 0 fully saturated rings. The van der Waals surface area contributed by atoms with Gasteiger partial charge in [-0.05, 0) is 37.6 Å². The molecular formula is C23H22N4O3. The number of oxazole rings is 1. The summed E-state index contributed by atoms with van der Waals surface area (Å²) in [5.74, 6) is 1.60. The Morgan fingerprint density at radius 1 is 0.967 bits per heavy atom. The Morgan fingerprint density at radius 2 is 1.73 bits per heavy atom. The molecule has 0 spiro atoms. The van der Waals surface area contributed by atoms with Crippen molar-refractivity contribution >= 4 is 11.6 Å². The molecule has 0 atom stereocenters. The molecule has 7 nitrogen and oxygen atoms in total. The fourth-order valence-corrected chi connectivity index (χ4v) is 3.07. The van der Waals surface area contributed by atoms with Crippen LogP contribution < -0.4 is 5.32 Å². The number of hydrogen-bond donors (Lipinski definition) is 1. The Morgan fingerprint density at radius 3 is 2.43 bits per heavy atom. The first kappa shape index (κ1) is 19.6. The van der Waals surface area contributed by atoms with Gasteiger partial charge in [0.05, 0.1) is 11.3 Å². The molecule has 152 valence electrons. The molecule has 1 N–H and O–H groups in total. The fraction of sp³-hybridized carbons (Fsp3) is 0.217. The molecule has 2 aromatic carbocycles. The maximum atomic E-state index is 13.0. The average molecular weight is 402 g/mol. The molecule has 7 heteroatoms. The van der Waals surface area contributed by atoms with E-state index in [-0.39, 0.29) is 17.5 Å². The second-order valence-electron chi connectivity index (χ2n) is 7.35. The van der Waals surface area contributed by atoms with Crippen LogP contribution in [-0.4, -0.2) is 21.0 Å². The van der Waals surface area contributed by atoms with Crippen molar-refractivity contribution in [2.45, 2.75) is 33.6 Å². The van der Waals surface area contributed by atoms with Crippen molar-refractivity contribution in [3.8, 4) is 22.9 Å². The SMILES string of the molecule is Cc1cccc(-c2nc(C(C)C)no2)c1NC(=O)c1nc(-c2ccccc2)oc1C. The Balaban J connectivity index is 1.66. The van der Waals surface area contributed by atoms with E-state index in [9.17, 15) is 4.79 Å². The summed E-state index contributed by atoms with van der Waals surface area (Å²) >= 11 is 0. The zero-order valence-electron chi connectivity index (χ0n) is 17.3. The smallest absolute Gasteiger partial charge is 0.277 e. The van der Waals surface area contributed by atoms with Gasteiger partial charge < -0.3 is 14.3 Å². The van der Waals surface area contributed by atoms with Crippen molar-refractivity contribution in [1.82, 2.24) is 15.1 Å². The minimum absolute atomic E-state index is 0.138. The normalized spacial score (nSPS) is 11.1. The van der Waals surface area contributed by atoms with Crippen LogP contribution in [0.5, 0.6) is 0 Å². The van der Waals surface area contributed by atoms with Crippen molar-refractivity contribution in [3.05, 3.63) is 71.4 Å². The number of amides is 1. The molecule has 0 radical (unpaired) electrons. The number of anilines is 1. The Bertz CT molecular complexity index is 1190. The molecule has 2 heterocycles. The van der Waals surface area contributed by atoms with Crippen LogP contribution in [0.3, 0.4) is 0 Å². The number of nitrogens with zero attached hydrogens (tertiary/aromatic N) is 3. The van der Waals surface area contributed by atoms with Gasteiger partial charge in [0.1, 0.15) is 5.76 Å². The number of aromatic nitrogens is 3. The van der Waals surface area contributed by atoms with E-state index in [2.05, 4.69) is 20.4 Å². The number of carbonyl (C=O) groups is 1. The third-order valence-electron chi connectivity index (χ3n) is 4.73. The van der Waals surface area contributed by atoms with E-state index in [4.69, 9.17) is 8.94 Å². The number of benzene rings is 2. The highest BCUT2D eigenvalue weighted by Gasteiger charge is 2.22. The molecule has 30 heavy (non-hydrogen) atoms. The third kappa shape index (κ3) is 3.74. The van der Waals surface area contributed by atoms with Gasteiger partial charge in [-0.2, -0.15) is 4.98 Å². The van der Waals surface area contributed by atoms with Crippen molar-refractivity contribution in [2.24, 2.45) is 0 Å². The lowest BCUT2D eigenvalue weighted by Gasteiger charge is -2.11. The molecule has 1 amide bonds. The monoisotopic (exact) mass is 402 g/mol. The van der Waals surface area contributed by atoms with E-state index in [1.165, 1.54) is 0 Å². The van der Waals surface area contributed by atoms with Crippen molar-refractivity contribution in [3.63, 3.8) is 0 Å². The van der Waals surface area contributed by atoms with Gasteiger partial charge in [-0.25, -0.2) is 4.98 Å². The summed E-state index contributed by atoms with van der Waals surface area (Å²) in [5.41, 5.74) is 3.17. The number of para-hydroxylation sites is 1. The summed E-state index contributed by atoms with van der Waals surface area (Å²) in [5, 5.41) is 6.97. The Labute approximate surface area is 174 Å². The van der Waals surface area contributed by atoms with Gasteiger partial charge >= 0.3 is 0 Å². The number of carbonyl (C=O) groups excluding carboxylic acids is 1. The van der Waals surface area contributed by atoms with Crippen molar-refractivity contribution < 1.29 is 13.7 Å². The van der Waals surface area contributed by atoms with E-state index in [0.717, 1.165) is 11.1 Å². The zero-order chi connectivity index (χ0) is 21.3. The summed E-state index contributed by atoms with van der Waals surface area (Å²) in [6.45, 7) is 7.61. The predicted molar refractivity (Wildman–Crippen MR) is 113 cm³/mol. The van der Waals surface area contributed by atoms with E-state index in [0.29, 0.717) is 34.6 Å². The van der Waals surface area contributed by atoms with E-state index >= 15 is 0 Å². The van der Waals surface area contributed by atoms with Crippen LogP contribution >= 0.6 is 0 Å². The number of nitrogens with one attached hydrogen (secondary N) is 1. The lowest BCUT2D eigenvalue weighted by molar-refractivity contribution is 0.102. The minimum Gasteiger partial charge on any atom is -0.441 e. The van der Waals surface area contributed by atoms with Crippen LogP contribution in [0.15, 0.2) is 57.5 Å². The van der Waals surface area contributed by atoms with Gasteiger partial charge in [-0.1, -0.05) is 49.3 Å². The van der Waals surface area contributed by atoms with Gasteiger partial charge in [0.25, 0.3) is 11.8 Å². The molecule has 0 bridgehead atoms. The van der Waals surface area contributed by atoms with E-state index in [1.807, 2.05) is 69.3 Å². The van der Waals surface area contributed by atoms with Gasteiger partial charge in [0.15, 0.2) is 11.5 Å². The first-order chi connectivity index (χ1) is 14.4. The van der Waals surface area contributed by atoms with Gasteiger partial charge in [-0.15, -0.1) is 0 Å². The van der Waals surface area contributed by atoms with Crippen LogP contribution in [-0.2, 0) is 0 Å². The molecule has 0 unspecified atom stereocenters. The second-order valence-corrected chi connectivity index (χ2v) is 7.35. The molecule has 0 saturated heterocycles. The largest absolute Gasteiger partial charge is 0.441 e. The zero-order valence-corrected chi connectivity index (χ0v) is 17.3. The summed E-state index contributed by atoms with van der Waals surface area (Å²) in [6.07, 6.45) is 0. The Kier molecular flexibility index (Phi) is 5.18. The van der Waals surface area contributed by atoms with Gasteiger partial charge in [-0.3, -0.25) is 4.79 Å². The van der Waals surface area contributed by atoms with Crippen molar-refractivity contribution in [1.29, 1.82) is 0 Å².